The maximum Gasteiger partial charge on any atom is 0.0599 e. The van der Waals surface area contributed by atoms with Crippen molar-refractivity contribution >= 4 is 17.3 Å². The molecule has 4 heteroatoms. The Morgan fingerprint density at radius 1 is 1.38 bits per heavy atom. The van der Waals surface area contributed by atoms with Gasteiger partial charge in [-0.25, -0.2) is 0 Å². The van der Waals surface area contributed by atoms with Gasteiger partial charge in [-0.2, -0.15) is 0 Å². The first kappa shape index (κ1) is 16.6. The third-order valence-corrected chi connectivity index (χ3v) is 4.29. The smallest absolute Gasteiger partial charge is 0.0599 e. The van der Waals surface area contributed by atoms with Crippen LogP contribution in [-0.2, 0) is 6.54 Å². The quantitative estimate of drug-likeness (QED) is 0.898. The van der Waals surface area contributed by atoms with Crippen LogP contribution in [0.1, 0.15) is 39.7 Å². The van der Waals surface area contributed by atoms with E-state index in [-0.39, 0.29) is 11.6 Å². The van der Waals surface area contributed by atoms with Crippen molar-refractivity contribution in [1.29, 1.82) is 0 Å². The van der Waals surface area contributed by atoms with E-state index in [2.05, 4.69) is 44.0 Å². The van der Waals surface area contributed by atoms with Crippen LogP contribution in [0.2, 0.25) is 5.02 Å². The molecule has 0 aromatic heterocycles. The van der Waals surface area contributed by atoms with Gasteiger partial charge in [0.25, 0.3) is 0 Å². The molecule has 1 aliphatic rings. The van der Waals surface area contributed by atoms with Crippen molar-refractivity contribution in [2.45, 2.75) is 52.3 Å². The molecule has 2 atom stereocenters. The number of benzene rings is 1. The molecule has 118 valence electrons. The largest absolute Gasteiger partial charge is 0.393 e. The molecular weight excluding hydrogens is 284 g/mol. The van der Waals surface area contributed by atoms with E-state index in [9.17, 15) is 5.11 Å². The molecule has 0 spiro atoms. The highest BCUT2D eigenvalue weighted by Gasteiger charge is 2.25. The molecule has 21 heavy (non-hydrogen) atoms. The van der Waals surface area contributed by atoms with Crippen LogP contribution in [0.4, 0.5) is 5.69 Å². The van der Waals surface area contributed by atoms with Crippen LogP contribution in [0.3, 0.4) is 0 Å². The molecule has 0 aliphatic carbocycles. The molecular formula is C17H27ClN2O. The van der Waals surface area contributed by atoms with Crippen molar-refractivity contribution in [3.05, 3.63) is 28.8 Å². The Balaban J connectivity index is 2.19. The van der Waals surface area contributed by atoms with Gasteiger partial charge in [-0.3, -0.25) is 0 Å². The van der Waals surface area contributed by atoms with Gasteiger partial charge in [0.15, 0.2) is 0 Å². The summed E-state index contributed by atoms with van der Waals surface area (Å²) in [5.41, 5.74) is 2.54. The Hall–Kier alpha value is -0.770. The molecule has 0 amide bonds. The predicted octanol–water partition coefficient (Wildman–Crippen LogP) is 3.44. The molecule has 2 rings (SSSR count). The van der Waals surface area contributed by atoms with E-state index < -0.39 is 0 Å². The number of hydrogen-bond acceptors (Lipinski definition) is 3. The van der Waals surface area contributed by atoms with Crippen LogP contribution in [0, 0.1) is 5.92 Å². The highest BCUT2D eigenvalue weighted by Crippen LogP contribution is 2.29. The summed E-state index contributed by atoms with van der Waals surface area (Å²) in [5.74, 6) is 0.293. The fraction of sp³-hybridized carbons (Fsp3) is 0.647. The van der Waals surface area contributed by atoms with E-state index in [1.165, 1.54) is 11.3 Å². The predicted molar refractivity (Wildman–Crippen MR) is 90.0 cm³/mol. The van der Waals surface area contributed by atoms with E-state index in [4.69, 9.17) is 11.6 Å². The Morgan fingerprint density at radius 2 is 2.10 bits per heavy atom. The van der Waals surface area contributed by atoms with Gasteiger partial charge >= 0.3 is 0 Å². The summed E-state index contributed by atoms with van der Waals surface area (Å²) in [6.07, 6.45) is 0.636. The van der Waals surface area contributed by atoms with Gasteiger partial charge in [0.05, 0.1) is 6.10 Å². The molecule has 1 heterocycles. The number of hydrogen-bond donors (Lipinski definition) is 2. The number of piperidine rings is 1. The van der Waals surface area contributed by atoms with Crippen LogP contribution < -0.4 is 10.2 Å². The molecule has 0 radical (unpaired) electrons. The van der Waals surface area contributed by atoms with Gasteiger partial charge in [-0.05, 0) is 50.8 Å². The average molecular weight is 311 g/mol. The second-order valence-corrected chi connectivity index (χ2v) is 7.59. The molecule has 2 N–H and O–H groups in total. The number of nitrogens with one attached hydrogen (secondary N) is 1. The third kappa shape index (κ3) is 4.60. The monoisotopic (exact) mass is 310 g/mol. The first-order valence-electron chi connectivity index (χ1n) is 7.73. The van der Waals surface area contributed by atoms with Gasteiger partial charge in [0.2, 0.25) is 0 Å². The minimum atomic E-state index is -0.184. The third-order valence-electron chi connectivity index (χ3n) is 4.06. The lowest BCUT2D eigenvalue weighted by molar-refractivity contribution is 0.0970. The van der Waals surface area contributed by atoms with Gasteiger partial charge in [-0.1, -0.05) is 24.6 Å². The molecule has 1 fully saturated rings. The van der Waals surface area contributed by atoms with Crippen LogP contribution in [0.25, 0.3) is 0 Å². The van der Waals surface area contributed by atoms with Crippen molar-refractivity contribution in [1.82, 2.24) is 5.32 Å². The maximum atomic E-state index is 9.91. The normalized spacial score (nSPS) is 23.4. The van der Waals surface area contributed by atoms with Gasteiger partial charge in [-0.15, -0.1) is 0 Å². The first-order chi connectivity index (χ1) is 9.76. The Labute approximate surface area is 133 Å². The minimum absolute atomic E-state index is 0.0856. The summed E-state index contributed by atoms with van der Waals surface area (Å²) in [4.78, 5) is 2.35. The molecule has 0 bridgehead atoms. The van der Waals surface area contributed by atoms with Crippen LogP contribution in [0.15, 0.2) is 18.2 Å². The zero-order valence-electron chi connectivity index (χ0n) is 13.5. The maximum absolute atomic E-state index is 9.91. The second-order valence-electron chi connectivity index (χ2n) is 7.16. The molecule has 1 aliphatic heterocycles. The van der Waals surface area contributed by atoms with E-state index in [1.807, 2.05) is 12.1 Å². The van der Waals surface area contributed by atoms with Crippen LogP contribution >= 0.6 is 11.6 Å². The van der Waals surface area contributed by atoms with E-state index in [0.29, 0.717) is 5.92 Å². The number of nitrogens with zero attached hydrogens (tertiary/aromatic N) is 1. The Kier molecular flexibility index (Phi) is 5.18. The van der Waals surface area contributed by atoms with Crippen LogP contribution in [0.5, 0.6) is 0 Å². The summed E-state index contributed by atoms with van der Waals surface area (Å²) in [5, 5.41) is 14.2. The highest BCUT2D eigenvalue weighted by molar-refractivity contribution is 6.30. The Bertz CT molecular complexity index is 484. The molecule has 0 saturated carbocycles. The summed E-state index contributed by atoms with van der Waals surface area (Å²) < 4.78 is 0. The molecule has 3 nitrogen and oxygen atoms in total. The average Bonchev–Trinajstić information content (AvgIpc) is 2.39. The highest BCUT2D eigenvalue weighted by atomic mass is 35.5. The number of rotatable bonds is 3. The van der Waals surface area contributed by atoms with Crippen LogP contribution in [-0.4, -0.2) is 29.8 Å². The van der Waals surface area contributed by atoms with E-state index in [1.54, 1.807) is 0 Å². The number of halogens is 1. The number of anilines is 1. The number of aliphatic hydroxyl groups excluding tert-OH is 1. The molecule has 1 saturated heterocycles. The SMILES string of the molecule is CC1CN(c2cc(Cl)ccc2CNC(C)(C)C)CCC1O. The van der Waals surface area contributed by atoms with Crippen molar-refractivity contribution in [3.63, 3.8) is 0 Å². The topological polar surface area (TPSA) is 35.5 Å². The molecule has 1 aromatic carbocycles. The lowest BCUT2D eigenvalue weighted by atomic mass is 9.95. The first-order valence-corrected chi connectivity index (χ1v) is 8.10. The van der Waals surface area contributed by atoms with Gasteiger partial charge in [0, 0.05) is 35.9 Å². The summed E-state index contributed by atoms with van der Waals surface area (Å²) in [7, 11) is 0. The van der Waals surface area contributed by atoms with Gasteiger partial charge in [0.1, 0.15) is 0 Å². The molecule has 2 unspecified atom stereocenters. The zero-order chi connectivity index (χ0) is 15.6. The fourth-order valence-corrected chi connectivity index (χ4v) is 2.86. The van der Waals surface area contributed by atoms with Crippen molar-refractivity contribution in [3.8, 4) is 0 Å². The van der Waals surface area contributed by atoms with E-state index in [0.717, 1.165) is 31.1 Å². The fourth-order valence-electron chi connectivity index (χ4n) is 2.69. The lowest BCUT2D eigenvalue weighted by Gasteiger charge is -2.37. The summed E-state index contributed by atoms with van der Waals surface area (Å²) in [6, 6.07) is 6.10. The second kappa shape index (κ2) is 6.55. The minimum Gasteiger partial charge on any atom is -0.393 e. The number of aliphatic hydroxyl groups is 1. The summed E-state index contributed by atoms with van der Waals surface area (Å²) >= 11 is 6.19. The van der Waals surface area contributed by atoms with Crippen molar-refractivity contribution in [2.75, 3.05) is 18.0 Å². The van der Waals surface area contributed by atoms with E-state index >= 15 is 0 Å². The lowest BCUT2D eigenvalue weighted by Crippen LogP contribution is -2.42. The van der Waals surface area contributed by atoms with Crippen molar-refractivity contribution < 1.29 is 5.11 Å². The van der Waals surface area contributed by atoms with Crippen molar-refractivity contribution in [2.24, 2.45) is 5.92 Å². The summed E-state index contributed by atoms with van der Waals surface area (Å²) in [6.45, 7) is 11.2. The molecule has 1 aromatic rings. The van der Waals surface area contributed by atoms with Gasteiger partial charge < -0.3 is 15.3 Å². The Morgan fingerprint density at radius 3 is 2.71 bits per heavy atom. The zero-order valence-corrected chi connectivity index (χ0v) is 14.2. The standard InChI is InChI=1S/C17H27ClN2O/c1-12-11-20(8-7-16(12)21)15-9-14(18)6-5-13(15)10-19-17(2,3)4/h5-6,9,12,16,19,21H,7-8,10-11H2,1-4H3.